The van der Waals surface area contributed by atoms with Crippen molar-refractivity contribution in [2.75, 3.05) is 7.11 Å². The number of rotatable bonds is 5. The van der Waals surface area contributed by atoms with Crippen molar-refractivity contribution in [2.24, 2.45) is 0 Å². The van der Waals surface area contributed by atoms with Gasteiger partial charge in [-0.05, 0) is 17.7 Å². The minimum Gasteiger partial charge on any atom is -0.493 e. The van der Waals surface area contributed by atoms with Gasteiger partial charge in [-0.3, -0.25) is 14.9 Å². The summed E-state index contributed by atoms with van der Waals surface area (Å²) < 4.78 is 10.2. The molecule has 0 aliphatic carbocycles. The normalized spacial score (nSPS) is 11.0. The average molecular weight is 265 g/mol. The molecule has 0 spiro atoms. The van der Waals surface area contributed by atoms with Crippen LogP contribution in [0.4, 0.5) is 0 Å². The number of methoxy groups -OCH3 is 1. The predicted molar refractivity (Wildman–Crippen MR) is 69.6 cm³/mol. The summed E-state index contributed by atoms with van der Waals surface area (Å²) in [5.74, 6) is 0.278. The molecule has 0 saturated heterocycles. The van der Waals surface area contributed by atoms with Crippen molar-refractivity contribution < 1.29 is 19.2 Å². The van der Waals surface area contributed by atoms with E-state index in [0.29, 0.717) is 17.1 Å². The fourth-order valence-electron chi connectivity index (χ4n) is 1.35. The van der Waals surface area contributed by atoms with Gasteiger partial charge < -0.3 is 9.47 Å². The Morgan fingerprint density at radius 3 is 2.63 bits per heavy atom. The average Bonchev–Trinajstić information content (AvgIpc) is 2.39. The number of hydrogen-bond donors (Lipinski definition) is 0. The second kappa shape index (κ2) is 6.53. The third-order valence-corrected chi connectivity index (χ3v) is 2.36. The molecule has 0 aliphatic rings. The van der Waals surface area contributed by atoms with Gasteiger partial charge in [-0.1, -0.05) is 13.0 Å². The lowest BCUT2D eigenvalue weighted by Crippen LogP contribution is -2.06. The van der Waals surface area contributed by atoms with Crippen LogP contribution >= 0.6 is 0 Å². The number of carbonyl (C=O) groups is 1. The number of esters is 1. The van der Waals surface area contributed by atoms with Gasteiger partial charge in [0.2, 0.25) is 5.70 Å². The number of nitrogens with zero attached hydrogens (tertiary/aromatic N) is 1. The number of ether oxygens (including phenoxy) is 2. The van der Waals surface area contributed by atoms with Gasteiger partial charge in [-0.15, -0.1) is 0 Å². The lowest BCUT2D eigenvalue weighted by Gasteiger charge is -2.09. The summed E-state index contributed by atoms with van der Waals surface area (Å²) in [4.78, 5) is 21.3. The summed E-state index contributed by atoms with van der Waals surface area (Å²) in [5.41, 5.74) is 0.614. The summed E-state index contributed by atoms with van der Waals surface area (Å²) in [5, 5.41) is 10.5. The summed E-state index contributed by atoms with van der Waals surface area (Å²) >= 11 is 0. The molecule has 1 aromatic rings. The summed E-state index contributed by atoms with van der Waals surface area (Å²) in [6.45, 7) is 3.09. The van der Waals surface area contributed by atoms with E-state index in [4.69, 9.17) is 9.47 Å². The SMILES string of the molecule is CCC(=O)Oc1ccc(/C=C(\C)[N+](=O)[O-])cc1OC. The second-order valence-electron chi connectivity index (χ2n) is 3.78. The smallest absolute Gasteiger partial charge is 0.311 e. The second-order valence-corrected chi connectivity index (χ2v) is 3.78. The first-order valence-corrected chi connectivity index (χ1v) is 5.69. The molecular formula is C13H15NO5. The Hall–Kier alpha value is -2.37. The summed E-state index contributed by atoms with van der Waals surface area (Å²) in [7, 11) is 1.44. The molecule has 0 aliphatic heterocycles. The zero-order valence-corrected chi connectivity index (χ0v) is 11.0. The molecule has 0 aromatic heterocycles. The molecule has 0 N–H and O–H groups in total. The van der Waals surface area contributed by atoms with E-state index in [1.54, 1.807) is 25.1 Å². The topological polar surface area (TPSA) is 78.7 Å². The third kappa shape index (κ3) is 4.09. The third-order valence-electron chi connectivity index (χ3n) is 2.36. The Morgan fingerprint density at radius 2 is 2.11 bits per heavy atom. The standard InChI is InChI=1S/C13H15NO5/c1-4-13(15)19-11-6-5-10(8-12(11)18-3)7-9(2)14(16)17/h5-8H,4H2,1-3H3/b9-7+. The molecule has 6 nitrogen and oxygen atoms in total. The highest BCUT2D eigenvalue weighted by Gasteiger charge is 2.10. The summed E-state index contributed by atoms with van der Waals surface area (Å²) in [6.07, 6.45) is 1.67. The maximum Gasteiger partial charge on any atom is 0.311 e. The van der Waals surface area contributed by atoms with Crippen LogP contribution in [0.5, 0.6) is 11.5 Å². The van der Waals surface area contributed by atoms with Crippen LogP contribution in [0, 0.1) is 10.1 Å². The van der Waals surface area contributed by atoms with Crippen molar-refractivity contribution in [3.63, 3.8) is 0 Å². The molecule has 0 bridgehead atoms. The van der Waals surface area contributed by atoms with Gasteiger partial charge in [-0.2, -0.15) is 0 Å². The van der Waals surface area contributed by atoms with Crippen LogP contribution in [-0.2, 0) is 4.79 Å². The highest BCUT2D eigenvalue weighted by atomic mass is 16.6. The molecule has 0 radical (unpaired) electrons. The zero-order valence-electron chi connectivity index (χ0n) is 11.0. The van der Waals surface area contributed by atoms with Gasteiger partial charge in [0.1, 0.15) is 0 Å². The number of allylic oxidation sites excluding steroid dienone is 1. The van der Waals surface area contributed by atoms with Crippen LogP contribution < -0.4 is 9.47 Å². The molecule has 0 saturated carbocycles. The molecule has 0 atom stereocenters. The zero-order chi connectivity index (χ0) is 14.4. The highest BCUT2D eigenvalue weighted by Crippen LogP contribution is 2.29. The van der Waals surface area contributed by atoms with Gasteiger partial charge in [0, 0.05) is 19.4 Å². The first-order chi connectivity index (χ1) is 8.97. The largest absolute Gasteiger partial charge is 0.493 e. The molecule has 0 amide bonds. The molecule has 0 unspecified atom stereocenters. The van der Waals surface area contributed by atoms with Crippen molar-refractivity contribution in [2.45, 2.75) is 20.3 Å². The van der Waals surface area contributed by atoms with E-state index in [0.717, 1.165) is 0 Å². The van der Waals surface area contributed by atoms with Crippen molar-refractivity contribution in [3.8, 4) is 11.5 Å². The lowest BCUT2D eigenvalue weighted by molar-refractivity contribution is -0.422. The van der Waals surface area contributed by atoms with Crippen LogP contribution in [0.25, 0.3) is 6.08 Å². The Bertz CT molecular complexity index is 522. The Morgan fingerprint density at radius 1 is 1.42 bits per heavy atom. The van der Waals surface area contributed by atoms with Gasteiger partial charge >= 0.3 is 5.97 Å². The van der Waals surface area contributed by atoms with Crippen LogP contribution in [0.1, 0.15) is 25.8 Å². The molecule has 1 aromatic carbocycles. The van der Waals surface area contributed by atoms with Gasteiger partial charge in [0.05, 0.1) is 12.0 Å². The molecule has 102 valence electrons. The highest BCUT2D eigenvalue weighted by molar-refractivity contribution is 5.73. The van der Waals surface area contributed by atoms with E-state index in [9.17, 15) is 14.9 Å². The monoisotopic (exact) mass is 265 g/mol. The first kappa shape index (κ1) is 14.7. The van der Waals surface area contributed by atoms with E-state index in [2.05, 4.69) is 0 Å². The molecule has 0 heterocycles. The molecule has 1 rings (SSSR count). The van der Waals surface area contributed by atoms with Crippen LogP contribution in [-0.4, -0.2) is 18.0 Å². The van der Waals surface area contributed by atoms with Gasteiger partial charge in [-0.25, -0.2) is 0 Å². The molecule has 0 fully saturated rings. The van der Waals surface area contributed by atoms with Crippen molar-refractivity contribution in [1.82, 2.24) is 0 Å². The van der Waals surface area contributed by atoms with E-state index in [-0.39, 0.29) is 18.1 Å². The number of hydrogen-bond acceptors (Lipinski definition) is 5. The van der Waals surface area contributed by atoms with E-state index >= 15 is 0 Å². The van der Waals surface area contributed by atoms with E-state index < -0.39 is 4.92 Å². The van der Waals surface area contributed by atoms with E-state index in [1.807, 2.05) is 0 Å². The van der Waals surface area contributed by atoms with Crippen LogP contribution in [0.2, 0.25) is 0 Å². The Balaban J connectivity index is 3.05. The maximum absolute atomic E-state index is 11.2. The van der Waals surface area contributed by atoms with E-state index in [1.165, 1.54) is 20.1 Å². The van der Waals surface area contributed by atoms with Crippen molar-refractivity contribution >= 4 is 12.0 Å². The van der Waals surface area contributed by atoms with Crippen LogP contribution in [0.3, 0.4) is 0 Å². The summed E-state index contributed by atoms with van der Waals surface area (Å²) in [6, 6.07) is 4.74. The Kier molecular flexibility index (Phi) is 5.05. The number of nitro groups is 1. The number of carbonyl (C=O) groups excluding carboxylic acids is 1. The minimum atomic E-state index is -0.475. The number of benzene rings is 1. The fraction of sp³-hybridized carbons (Fsp3) is 0.308. The quantitative estimate of drug-likeness (QED) is 0.354. The van der Waals surface area contributed by atoms with Crippen LogP contribution in [0.15, 0.2) is 23.9 Å². The first-order valence-electron chi connectivity index (χ1n) is 5.69. The minimum absolute atomic E-state index is 0.0142. The lowest BCUT2D eigenvalue weighted by atomic mass is 10.1. The van der Waals surface area contributed by atoms with Gasteiger partial charge in [0.25, 0.3) is 0 Å². The van der Waals surface area contributed by atoms with Crippen molar-refractivity contribution in [1.29, 1.82) is 0 Å². The predicted octanol–water partition coefficient (Wildman–Crippen LogP) is 2.65. The molecule has 6 heteroatoms. The molecular weight excluding hydrogens is 250 g/mol. The van der Waals surface area contributed by atoms with Crippen molar-refractivity contribution in [3.05, 3.63) is 39.6 Å². The Labute approximate surface area is 110 Å². The maximum atomic E-state index is 11.2. The fourth-order valence-corrected chi connectivity index (χ4v) is 1.35. The molecule has 19 heavy (non-hydrogen) atoms. The van der Waals surface area contributed by atoms with Gasteiger partial charge in [0.15, 0.2) is 11.5 Å².